The van der Waals surface area contributed by atoms with E-state index in [1.807, 2.05) is 39.1 Å². The Hall–Kier alpha value is -1.30. The van der Waals surface area contributed by atoms with Crippen molar-refractivity contribution in [3.05, 3.63) is 45.9 Å². The van der Waals surface area contributed by atoms with Gasteiger partial charge in [0.15, 0.2) is 0 Å². The molecular formula is C14H19N3OS. The topological polar surface area (TPSA) is 47.0 Å². The Morgan fingerprint density at radius 1 is 1.21 bits per heavy atom. The molecule has 1 aromatic heterocycles. The molecular weight excluding hydrogens is 258 g/mol. The normalized spacial score (nSPS) is 13.5. The number of nitrogens with one attached hydrogen (secondary N) is 1. The predicted molar refractivity (Wildman–Crippen MR) is 77.3 cm³/mol. The third kappa shape index (κ3) is 3.00. The van der Waals surface area contributed by atoms with E-state index < -0.39 is 5.60 Å². The molecule has 1 atom stereocenters. The van der Waals surface area contributed by atoms with E-state index in [2.05, 4.69) is 27.6 Å². The summed E-state index contributed by atoms with van der Waals surface area (Å²) in [6.45, 7) is 3.99. The number of methoxy groups -OCH3 is 1. The third-order valence-corrected chi connectivity index (χ3v) is 4.43. The molecule has 0 spiro atoms. The minimum atomic E-state index is -0.398. The van der Waals surface area contributed by atoms with Crippen molar-refractivity contribution in [1.29, 1.82) is 0 Å². The van der Waals surface area contributed by atoms with E-state index in [4.69, 9.17) is 4.74 Å². The molecule has 1 unspecified atom stereocenters. The lowest BCUT2D eigenvalue weighted by Gasteiger charge is -2.18. The Morgan fingerprint density at radius 3 is 2.47 bits per heavy atom. The van der Waals surface area contributed by atoms with Gasteiger partial charge in [-0.3, -0.25) is 0 Å². The van der Waals surface area contributed by atoms with Gasteiger partial charge in [0, 0.05) is 7.11 Å². The Kier molecular flexibility index (Phi) is 4.29. The predicted octanol–water partition coefficient (Wildman–Crippen LogP) is 2.73. The highest BCUT2D eigenvalue weighted by Gasteiger charge is 2.26. The maximum atomic E-state index is 5.44. The van der Waals surface area contributed by atoms with Gasteiger partial charge in [-0.2, -0.15) is 0 Å². The highest BCUT2D eigenvalue weighted by atomic mass is 32.1. The zero-order chi connectivity index (χ0) is 13.9. The summed E-state index contributed by atoms with van der Waals surface area (Å²) in [5.41, 5.74) is 0.785. The molecule has 102 valence electrons. The van der Waals surface area contributed by atoms with Crippen LogP contribution in [0.5, 0.6) is 0 Å². The lowest BCUT2D eigenvalue weighted by molar-refractivity contribution is 0.0185. The highest BCUT2D eigenvalue weighted by Crippen LogP contribution is 2.31. The highest BCUT2D eigenvalue weighted by molar-refractivity contribution is 7.11. The second kappa shape index (κ2) is 5.77. The number of nitrogens with zero attached hydrogens (tertiary/aromatic N) is 2. The van der Waals surface area contributed by atoms with Gasteiger partial charge in [0.25, 0.3) is 0 Å². The van der Waals surface area contributed by atoms with Gasteiger partial charge in [0.2, 0.25) is 0 Å². The van der Waals surface area contributed by atoms with Gasteiger partial charge < -0.3 is 10.1 Å². The van der Waals surface area contributed by atoms with Crippen LogP contribution in [0.3, 0.4) is 0 Å². The summed E-state index contributed by atoms with van der Waals surface area (Å²) in [5.74, 6) is 0. The zero-order valence-corrected chi connectivity index (χ0v) is 12.5. The first-order chi connectivity index (χ1) is 9.08. The van der Waals surface area contributed by atoms with Crippen LogP contribution >= 0.6 is 11.3 Å². The Balaban J connectivity index is 2.31. The quantitative estimate of drug-likeness (QED) is 0.913. The van der Waals surface area contributed by atoms with E-state index in [1.54, 1.807) is 18.4 Å². The van der Waals surface area contributed by atoms with Crippen LogP contribution in [0.25, 0.3) is 0 Å². The Labute approximate surface area is 117 Å². The summed E-state index contributed by atoms with van der Waals surface area (Å²) in [6.07, 6.45) is 0. The van der Waals surface area contributed by atoms with E-state index in [0.29, 0.717) is 0 Å². The summed E-state index contributed by atoms with van der Waals surface area (Å²) >= 11 is 1.58. The Morgan fingerprint density at radius 2 is 1.89 bits per heavy atom. The average Bonchev–Trinajstić information content (AvgIpc) is 2.91. The molecule has 2 rings (SSSR count). The number of aromatic nitrogens is 2. The molecule has 1 heterocycles. The van der Waals surface area contributed by atoms with Crippen LogP contribution in [0.1, 0.15) is 35.5 Å². The smallest absolute Gasteiger partial charge is 0.148 e. The molecule has 0 radical (unpaired) electrons. The van der Waals surface area contributed by atoms with Gasteiger partial charge in [-0.1, -0.05) is 41.7 Å². The molecule has 0 aliphatic rings. The molecule has 0 saturated carbocycles. The van der Waals surface area contributed by atoms with E-state index in [-0.39, 0.29) is 6.04 Å². The molecule has 0 amide bonds. The number of benzene rings is 1. The molecule has 1 N–H and O–H groups in total. The molecule has 0 aliphatic carbocycles. The van der Waals surface area contributed by atoms with Crippen molar-refractivity contribution in [3.8, 4) is 0 Å². The lowest BCUT2D eigenvalue weighted by Crippen LogP contribution is -2.19. The largest absolute Gasteiger partial charge is 0.372 e. The molecule has 0 fully saturated rings. The fourth-order valence-corrected chi connectivity index (χ4v) is 2.82. The van der Waals surface area contributed by atoms with Gasteiger partial charge in [0.05, 0.1) is 6.04 Å². The van der Waals surface area contributed by atoms with Crippen LogP contribution < -0.4 is 5.32 Å². The van der Waals surface area contributed by atoms with Crippen molar-refractivity contribution >= 4 is 11.3 Å². The SMILES string of the molecule is CNC(c1ccccc1)c1nnc(C(C)(C)OC)s1. The van der Waals surface area contributed by atoms with E-state index in [9.17, 15) is 0 Å². The van der Waals surface area contributed by atoms with Gasteiger partial charge in [-0.25, -0.2) is 0 Å². The van der Waals surface area contributed by atoms with Crippen LogP contribution in [0, 0.1) is 0 Å². The van der Waals surface area contributed by atoms with E-state index in [1.165, 1.54) is 5.56 Å². The number of rotatable bonds is 5. The summed E-state index contributed by atoms with van der Waals surface area (Å²) < 4.78 is 5.44. The molecule has 19 heavy (non-hydrogen) atoms. The van der Waals surface area contributed by atoms with Gasteiger partial charge in [-0.05, 0) is 26.5 Å². The van der Waals surface area contributed by atoms with Crippen molar-refractivity contribution < 1.29 is 4.74 Å². The first kappa shape index (κ1) is 14.1. The minimum absolute atomic E-state index is 0.0695. The number of hydrogen-bond acceptors (Lipinski definition) is 5. The standard InChI is InChI=1S/C14H19N3OS/c1-14(2,18-4)13-17-16-12(19-13)11(15-3)10-8-6-5-7-9-10/h5-9,11,15H,1-4H3. The molecule has 0 saturated heterocycles. The molecule has 2 aromatic rings. The summed E-state index contributed by atoms with van der Waals surface area (Å²) in [7, 11) is 3.62. The van der Waals surface area contributed by atoms with Crippen molar-refractivity contribution in [2.24, 2.45) is 0 Å². The van der Waals surface area contributed by atoms with Crippen LogP contribution in [0.4, 0.5) is 0 Å². The minimum Gasteiger partial charge on any atom is -0.372 e. The van der Waals surface area contributed by atoms with Gasteiger partial charge >= 0.3 is 0 Å². The first-order valence-electron chi connectivity index (χ1n) is 6.19. The number of hydrogen-bond donors (Lipinski definition) is 1. The average molecular weight is 277 g/mol. The van der Waals surface area contributed by atoms with Gasteiger partial charge in [-0.15, -0.1) is 10.2 Å². The lowest BCUT2D eigenvalue weighted by atomic mass is 10.1. The van der Waals surface area contributed by atoms with E-state index >= 15 is 0 Å². The zero-order valence-electron chi connectivity index (χ0n) is 11.7. The van der Waals surface area contributed by atoms with Crippen LogP contribution in [-0.4, -0.2) is 24.4 Å². The maximum Gasteiger partial charge on any atom is 0.148 e. The third-order valence-electron chi connectivity index (χ3n) is 3.13. The van der Waals surface area contributed by atoms with Gasteiger partial charge in [0.1, 0.15) is 15.6 Å². The maximum absolute atomic E-state index is 5.44. The Bertz CT molecular complexity index is 524. The van der Waals surface area contributed by atoms with Crippen molar-refractivity contribution in [3.63, 3.8) is 0 Å². The second-order valence-corrected chi connectivity index (χ2v) is 5.80. The van der Waals surface area contributed by atoms with Crippen LogP contribution in [-0.2, 0) is 10.3 Å². The van der Waals surface area contributed by atoms with Crippen LogP contribution in [0.15, 0.2) is 30.3 Å². The molecule has 5 heteroatoms. The summed E-state index contributed by atoms with van der Waals surface area (Å²) in [4.78, 5) is 0. The molecule has 0 aliphatic heterocycles. The molecule has 4 nitrogen and oxygen atoms in total. The first-order valence-corrected chi connectivity index (χ1v) is 7.01. The second-order valence-electron chi connectivity index (χ2n) is 4.79. The summed E-state index contributed by atoms with van der Waals surface area (Å²) in [6, 6.07) is 10.3. The number of ether oxygens (including phenoxy) is 1. The van der Waals surface area contributed by atoms with E-state index in [0.717, 1.165) is 10.0 Å². The molecule has 0 bridgehead atoms. The molecule has 1 aromatic carbocycles. The van der Waals surface area contributed by atoms with Crippen molar-refractivity contribution in [2.45, 2.75) is 25.5 Å². The fraction of sp³-hybridized carbons (Fsp3) is 0.429. The van der Waals surface area contributed by atoms with Crippen molar-refractivity contribution in [1.82, 2.24) is 15.5 Å². The summed E-state index contributed by atoms with van der Waals surface area (Å²) in [5, 5.41) is 13.7. The fourth-order valence-electron chi connectivity index (χ4n) is 1.76. The van der Waals surface area contributed by atoms with Crippen molar-refractivity contribution in [2.75, 3.05) is 14.2 Å². The van der Waals surface area contributed by atoms with Crippen LogP contribution in [0.2, 0.25) is 0 Å². The monoisotopic (exact) mass is 277 g/mol.